The minimum Gasteiger partial charge on any atom is -0.340 e. The van der Waals surface area contributed by atoms with Gasteiger partial charge in [0.25, 0.3) is 0 Å². The number of nitrogens with one attached hydrogen (secondary N) is 1. The summed E-state index contributed by atoms with van der Waals surface area (Å²) in [5, 5.41) is 3.57. The zero-order chi connectivity index (χ0) is 12.7. The maximum atomic E-state index is 12.6. The lowest BCUT2D eigenvalue weighted by Gasteiger charge is -2.40. The summed E-state index contributed by atoms with van der Waals surface area (Å²) < 4.78 is 0. The van der Waals surface area contributed by atoms with E-state index in [0.29, 0.717) is 24.0 Å². The van der Waals surface area contributed by atoms with Crippen LogP contribution in [0.2, 0.25) is 0 Å². The molecule has 102 valence electrons. The van der Waals surface area contributed by atoms with Crippen LogP contribution in [-0.2, 0) is 4.79 Å². The third-order valence-electron chi connectivity index (χ3n) is 5.10. The highest BCUT2D eigenvalue weighted by Crippen LogP contribution is 2.34. The minimum absolute atomic E-state index is 0.268. The molecule has 0 radical (unpaired) electrons. The maximum absolute atomic E-state index is 12.6. The van der Waals surface area contributed by atoms with E-state index in [1.807, 2.05) is 0 Å². The number of fused-ring (bicyclic) bond motifs is 2. The van der Waals surface area contributed by atoms with E-state index < -0.39 is 0 Å². The van der Waals surface area contributed by atoms with Gasteiger partial charge in [-0.25, -0.2) is 0 Å². The number of carbonyl (C=O) groups is 1. The van der Waals surface area contributed by atoms with Gasteiger partial charge >= 0.3 is 0 Å². The van der Waals surface area contributed by atoms with Crippen LogP contribution in [0, 0.1) is 5.92 Å². The Morgan fingerprint density at radius 1 is 1.33 bits per heavy atom. The molecule has 2 bridgehead atoms. The van der Waals surface area contributed by atoms with E-state index in [0.717, 1.165) is 32.6 Å². The summed E-state index contributed by atoms with van der Waals surface area (Å²) in [6.07, 6.45) is 3.55. The fraction of sp³-hybridized carbons (Fsp3) is 0.929. The molecule has 0 aromatic rings. The maximum Gasteiger partial charge on any atom is 0.227 e. The van der Waals surface area contributed by atoms with Gasteiger partial charge in [-0.1, -0.05) is 6.92 Å². The molecule has 1 amide bonds. The lowest BCUT2D eigenvalue weighted by Crippen LogP contribution is -2.55. The van der Waals surface area contributed by atoms with Crippen LogP contribution in [0.5, 0.6) is 0 Å². The fourth-order valence-corrected chi connectivity index (χ4v) is 4.00. The predicted octanol–water partition coefficient (Wildman–Crippen LogP) is 0.680. The Morgan fingerprint density at radius 2 is 2.17 bits per heavy atom. The van der Waals surface area contributed by atoms with Gasteiger partial charge in [-0.2, -0.15) is 0 Å². The molecule has 4 nitrogen and oxygen atoms in total. The molecule has 0 aromatic heterocycles. The molecular weight excluding hydrogens is 226 g/mol. The Morgan fingerprint density at radius 3 is 2.72 bits per heavy atom. The number of nitrogens with zero attached hydrogens (tertiary/aromatic N) is 2. The Bertz CT molecular complexity index is 333. The number of piperazine rings is 1. The summed E-state index contributed by atoms with van der Waals surface area (Å²) in [4.78, 5) is 17.2. The molecule has 18 heavy (non-hydrogen) atoms. The first-order valence-electron chi connectivity index (χ1n) is 7.48. The molecule has 1 N–H and O–H groups in total. The average molecular weight is 251 g/mol. The molecular formula is C14H25N3O. The van der Waals surface area contributed by atoms with Crippen molar-refractivity contribution in [1.29, 1.82) is 0 Å². The van der Waals surface area contributed by atoms with Gasteiger partial charge in [0.1, 0.15) is 0 Å². The summed E-state index contributed by atoms with van der Waals surface area (Å²) in [5.74, 6) is 0.682. The normalized spacial score (nSPS) is 40.4. The Labute approximate surface area is 110 Å². The van der Waals surface area contributed by atoms with Gasteiger partial charge in [0.2, 0.25) is 5.91 Å². The smallest absolute Gasteiger partial charge is 0.227 e. The van der Waals surface area contributed by atoms with Gasteiger partial charge in [0, 0.05) is 37.8 Å². The quantitative estimate of drug-likeness (QED) is 0.784. The number of carbonyl (C=O) groups excluding carboxylic acids is 1. The standard InChI is InChI=1S/C14H25N3O/c1-3-16-6-7-17(9-10(16)2)14(18)12-8-11-4-5-13(12)15-11/h10-13,15H,3-9H2,1-2H3. The van der Waals surface area contributed by atoms with E-state index in [2.05, 4.69) is 29.0 Å². The minimum atomic E-state index is 0.268. The van der Waals surface area contributed by atoms with Crippen molar-refractivity contribution in [3.63, 3.8) is 0 Å². The molecule has 3 aliphatic rings. The second-order valence-electron chi connectivity index (χ2n) is 6.15. The first-order chi connectivity index (χ1) is 8.69. The topological polar surface area (TPSA) is 35.6 Å². The Balaban J connectivity index is 1.60. The molecule has 3 rings (SSSR count). The van der Waals surface area contributed by atoms with Crippen LogP contribution in [0.3, 0.4) is 0 Å². The van der Waals surface area contributed by atoms with E-state index in [1.165, 1.54) is 12.8 Å². The highest BCUT2D eigenvalue weighted by Gasteiger charge is 2.44. The van der Waals surface area contributed by atoms with Gasteiger partial charge in [-0.05, 0) is 32.7 Å². The number of hydrogen-bond donors (Lipinski definition) is 1. The first kappa shape index (κ1) is 12.4. The van der Waals surface area contributed by atoms with Crippen LogP contribution in [0.25, 0.3) is 0 Å². The summed E-state index contributed by atoms with van der Waals surface area (Å²) >= 11 is 0. The third-order valence-corrected chi connectivity index (χ3v) is 5.10. The van der Waals surface area contributed by atoms with E-state index in [-0.39, 0.29) is 5.92 Å². The molecule has 0 aliphatic carbocycles. The van der Waals surface area contributed by atoms with Crippen molar-refractivity contribution in [3.05, 3.63) is 0 Å². The molecule has 3 fully saturated rings. The molecule has 4 unspecified atom stereocenters. The summed E-state index contributed by atoms with van der Waals surface area (Å²) in [6, 6.07) is 1.61. The van der Waals surface area contributed by atoms with Crippen LogP contribution in [0.15, 0.2) is 0 Å². The molecule has 3 heterocycles. The van der Waals surface area contributed by atoms with Crippen LogP contribution in [0.4, 0.5) is 0 Å². The van der Waals surface area contributed by atoms with Gasteiger partial charge in [0.05, 0.1) is 5.92 Å². The molecule has 3 aliphatic heterocycles. The van der Waals surface area contributed by atoms with E-state index in [4.69, 9.17) is 0 Å². The first-order valence-corrected chi connectivity index (χ1v) is 7.48. The van der Waals surface area contributed by atoms with Crippen molar-refractivity contribution in [2.45, 2.75) is 51.2 Å². The van der Waals surface area contributed by atoms with Crippen molar-refractivity contribution in [2.24, 2.45) is 5.92 Å². The predicted molar refractivity (Wildman–Crippen MR) is 71.3 cm³/mol. The molecule has 0 spiro atoms. The molecule has 4 atom stereocenters. The largest absolute Gasteiger partial charge is 0.340 e. The summed E-state index contributed by atoms with van der Waals surface area (Å²) in [7, 11) is 0. The number of likely N-dealkylation sites (N-methyl/N-ethyl adjacent to an activating group) is 1. The molecule has 0 aromatic carbocycles. The van der Waals surface area contributed by atoms with Crippen molar-refractivity contribution in [1.82, 2.24) is 15.1 Å². The summed E-state index contributed by atoms with van der Waals surface area (Å²) in [5.41, 5.74) is 0. The van der Waals surface area contributed by atoms with Crippen molar-refractivity contribution >= 4 is 5.91 Å². The number of rotatable bonds is 2. The van der Waals surface area contributed by atoms with Crippen LogP contribution in [0.1, 0.15) is 33.1 Å². The molecule has 3 saturated heterocycles. The lowest BCUT2D eigenvalue weighted by atomic mass is 9.88. The van der Waals surface area contributed by atoms with Gasteiger partial charge in [-0.15, -0.1) is 0 Å². The van der Waals surface area contributed by atoms with Gasteiger partial charge in [-0.3, -0.25) is 9.69 Å². The summed E-state index contributed by atoms with van der Waals surface area (Å²) in [6.45, 7) is 8.41. The van der Waals surface area contributed by atoms with E-state index in [9.17, 15) is 4.79 Å². The highest BCUT2D eigenvalue weighted by atomic mass is 16.2. The second kappa shape index (κ2) is 4.82. The Hall–Kier alpha value is -0.610. The average Bonchev–Trinajstić information content (AvgIpc) is 3.00. The lowest BCUT2D eigenvalue weighted by molar-refractivity contribution is -0.139. The SMILES string of the molecule is CCN1CCN(C(=O)C2CC3CCC2N3)CC1C. The molecule has 0 saturated carbocycles. The highest BCUT2D eigenvalue weighted by molar-refractivity contribution is 5.80. The number of hydrogen-bond acceptors (Lipinski definition) is 3. The zero-order valence-electron chi connectivity index (χ0n) is 11.6. The van der Waals surface area contributed by atoms with Gasteiger partial charge < -0.3 is 10.2 Å². The van der Waals surface area contributed by atoms with Crippen LogP contribution in [-0.4, -0.2) is 60.0 Å². The fourth-order valence-electron chi connectivity index (χ4n) is 4.00. The second-order valence-corrected chi connectivity index (χ2v) is 6.15. The van der Waals surface area contributed by atoms with Crippen molar-refractivity contribution < 1.29 is 4.79 Å². The van der Waals surface area contributed by atoms with Crippen molar-refractivity contribution in [2.75, 3.05) is 26.2 Å². The van der Waals surface area contributed by atoms with E-state index >= 15 is 0 Å². The third kappa shape index (κ3) is 2.05. The van der Waals surface area contributed by atoms with Crippen molar-refractivity contribution in [3.8, 4) is 0 Å². The zero-order valence-corrected chi connectivity index (χ0v) is 11.6. The van der Waals surface area contributed by atoms with Crippen LogP contribution < -0.4 is 5.32 Å². The Kier molecular flexibility index (Phi) is 3.32. The van der Waals surface area contributed by atoms with Crippen LogP contribution >= 0.6 is 0 Å². The molecule has 4 heteroatoms. The monoisotopic (exact) mass is 251 g/mol. The number of amides is 1. The van der Waals surface area contributed by atoms with Gasteiger partial charge in [0.15, 0.2) is 0 Å². The van der Waals surface area contributed by atoms with E-state index in [1.54, 1.807) is 0 Å².